The van der Waals surface area contributed by atoms with Crippen LogP contribution in [-0.4, -0.2) is 31.1 Å². The maximum Gasteiger partial charge on any atom is 0.250 e. The van der Waals surface area contributed by atoms with Crippen molar-refractivity contribution in [2.75, 3.05) is 25.5 Å². The first kappa shape index (κ1) is 19.7. The van der Waals surface area contributed by atoms with E-state index in [2.05, 4.69) is 17.3 Å². The highest BCUT2D eigenvalue weighted by molar-refractivity contribution is 6.30. The third-order valence-corrected chi connectivity index (χ3v) is 5.78. The fraction of sp³-hybridized carbons (Fsp3) is 0.304. The molecule has 3 aromatic rings. The largest absolute Gasteiger partial charge is 0.457 e. The van der Waals surface area contributed by atoms with Crippen LogP contribution >= 0.6 is 11.6 Å². The van der Waals surface area contributed by atoms with Crippen molar-refractivity contribution < 1.29 is 4.74 Å². The number of rotatable bonds is 7. The molecule has 6 heteroatoms. The number of ether oxygens (including phenoxy) is 1. The predicted molar refractivity (Wildman–Crippen MR) is 117 cm³/mol. The Morgan fingerprint density at radius 3 is 2.66 bits per heavy atom. The fourth-order valence-electron chi connectivity index (χ4n) is 3.93. The van der Waals surface area contributed by atoms with Crippen LogP contribution in [0.4, 0.5) is 5.69 Å². The van der Waals surface area contributed by atoms with Crippen LogP contribution in [0.15, 0.2) is 58.1 Å². The lowest BCUT2D eigenvalue weighted by molar-refractivity contribution is 0.301. The summed E-state index contributed by atoms with van der Waals surface area (Å²) in [7, 11) is 2.13. The second kappa shape index (κ2) is 8.39. The number of benzene rings is 2. The molecule has 0 radical (unpaired) electrons. The standard InChI is InChI=1S/C23H23ClN2O3/c1-26-13-5-6-16(26)11-12-25-21-20(22(27)23(21)28)18-10-9-15(24)14-19(18)29-17-7-3-2-4-8-17/h2-4,7-10,14,16,25H,5-6,11-13H2,1H3. The number of likely N-dealkylation sites (tertiary alicyclic amines) is 1. The number of nitrogens with zero attached hydrogens (tertiary/aromatic N) is 1. The van der Waals surface area contributed by atoms with Gasteiger partial charge in [0.25, 0.3) is 0 Å². The van der Waals surface area contributed by atoms with E-state index in [1.165, 1.54) is 12.8 Å². The molecule has 150 valence electrons. The second-order valence-electron chi connectivity index (χ2n) is 7.46. The molecular formula is C23H23ClN2O3. The Bertz CT molecular complexity index is 1070. The molecule has 1 fully saturated rings. The van der Waals surface area contributed by atoms with Gasteiger partial charge in [0.1, 0.15) is 11.5 Å². The lowest BCUT2D eigenvalue weighted by Crippen LogP contribution is -2.37. The SMILES string of the molecule is CN1CCCC1CCNc1c(-c2ccc(Cl)cc2Oc2ccccc2)c(=O)c1=O. The van der Waals surface area contributed by atoms with Crippen molar-refractivity contribution in [2.24, 2.45) is 0 Å². The molecule has 0 saturated carbocycles. The van der Waals surface area contributed by atoms with E-state index in [1.807, 2.05) is 30.3 Å². The molecule has 1 heterocycles. The van der Waals surface area contributed by atoms with E-state index in [0.717, 1.165) is 13.0 Å². The first-order valence-corrected chi connectivity index (χ1v) is 10.2. The molecule has 5 nitrogen and oxygen atoms in total. The lowest BCUT2D eigenvalue weighted by Gasteiger charge is -2.21. The number of hydrogen-bond donors (Lipinski definition) is 1. The van der Waals surface area contributed by atoms with E-state index in [-0.39, 0.29) is 0 Å². The van der Waals surface area contributed by atoms with E-state index >= 15 is 0 Å². The maximum absolute atomic E-state index is 12.4. The molecule has 4 rings (SSSR count). The van der Waals surface area contributed by atoms with Gasteiger partial charge >= 0.3 is 0 Å². The van der Waals surface area contributed by atoms with E-state index in [4.69, 9.17) is 16.3 Å². The summed E-state index contributed by atoms with van der Waals surface area (Å²) in [5.41, 5.74) is 0.350. The summed E-state index contributed by atoms with van der Waals surface area (Å²) in [4.78, 5) is 27.0. The zero-order valence-corrected chi connectivity index (χ0v) is 17.0. The van der Waals surface area contributed by atoms with Crippen LogP contribution in [0.5, 0.6) is 11.5 Å². The minimum atomic E-state index is -0.495. The van der Waals surface area contributed by atoms with Crippen molar-refractivity contribution in [3.8, 4) is 22.6 Å². The Morgan fingerprint density at radius 2 is 1.93 bits per heavy atom. The monoisotopic (exact) mass is 410 g/mol. The zero-order chi connectivity index (χ0) is 20.4. The molecule has 1 aliphatic rings. The van der Waals surface area contributed by atoms with Crippen LogP contribution in [-0.2, 0) is 0 Å². The third-order valence-electron chi connectivity index (χ3n) is 5.55. The van der Waals surface area contributed by atoms with Gasteiger partial charge in [-0.25, -0.2) is 0 Å². The van der Waals surface area contributed by atoms with Crippen molar-refractivity contribution in [3.63, 3.8) is 0 Å². The van der Waals surface area contributed by atoms with Gasteiger partial charge in [0.15, 0.2) is 0 Å². The number of para-hydroxylation sites is 1. The Labute approximate surface area is 174 Å². The van der Waals surface area contributed by atoms with Crippen molar-refractivity contribution in [2.45, 2.75) is 25.3 Å². The molecule has 0 aliphatic carbocycles. The van der Waals surface area contributed by atoms with E-state index in [0.29, 0.717) is 45.9 Å². The third kappa shape index (κ3) is 4.07. The Hall–Kier alpha value is -2.63. The molecule has 1 N–H and O–H groups in total. The van der Waals surface area contributed by atoms with Crippen LogP contribution < -0.4 is 20.9 Å². The van der Waals surface area contributed by atoms with Crippen molar-refractivity contribution in [3.05, 3.63) is 74.0 Å². The molecule has 0 aromatic heterocycles. The van der Waals surface area contributed by atoms with Crippen LogP contribution in [0, 0.1) is 0 Å². The van der Waals surface area contributed by atoms with Gasteiger partial charge < -0.3 is 15.0 Å². The summed E-state index contributed by atoms with van der Waals surface area (Å²) < 4.78 is 5.96. The fourth-order valence-corrected chi connectivity index (χ4v) is 4.09. The first-order chi connectivity index (χ1) is 14.0. The van der Waals surface area contributed by atoms with E-state index in [9.17, 15) is 9.59 Å². The highest BCUT2D eigenvalue weighted by Gasteiger charge is 2.26. The van der Waals surface area contributed by atoms with Gasteiger partial charge in [-0.3, -0.25) is 9.59 Å². The van der Waals surface area contributed by atoms with Gasteiger partial charge in [0.05, 0.1) is 11.3 Å². The number of nitrogens with one attached hydrogen (secondary N) is 1. The maximum atomic E-state index is 12.4. The minimum Gasteiger partial charge on any atom is -0.457 e. The molecule has 0 bridgehead atoms. The molecule has 1 atom stereocenters. The smallest absolute Gasteiger partial charge is 0.250 e. The predicted octanol–water partition coefficient (Wildman–Crippen LogP) is 4.29. The Balaban J connectivity index is 1.58. The van der Waals surface area contributed by atoms with Gasteiger partial charge in [0.2, 0.25) is 10.9 Å². The van der Waals surface area contributed by atoms with Crippen molar-refractivity contribution in [1.82, 2.24) is 4.90 Å². The van der Waals surface area contributed by atoms with Gasteiger partial charge in [-0.1, -0.05) is 29.8 Å². The van der Waals surface area contributed by atoms with Crippen LogP contribution in [0.3, 0.4) is 0 Å². The topological polar surface area (TPSA) is 58.6 Å². The summed E-state index contributed by atoms with van der Waals surface area (Å²) in [6, 6.07) is 14.9. The van der Waals surface area contributed by atoms with Crippen molar-refractivity contribution in [1.29, 1.82) is 0 Å². The van der Waals surface area contributed by atoms with E-state index < -0.39 is 10.9 Å². The summed E-state index contributed by atoms with van der Waals surface area (Å²) in [6.45, 7) is 1.76. The minimum absolute atomic E-state index is 0.371. The molecule has 1 aliphatic heterocycles. The molecular weight excluding hydrogens is 388 g/mol. The molecule has 3 aromatic carbocycles. The average molecular weight is 411 g/mol. The average Bonchev–Trinajstić information content (AvgIpc) is 3.13. The van der Waals surface area contributed by atoms with Gasteiger partial charge in [-0.05, 0) is 57.1 Å². The van der Waals surface area contributed by atoms with E-state index in [1.54, 1.807) is 18.2 Å². The zero-order valence-electron chi connectivity index (χ0n) is 16.3. The Morgan fingerprint density at radius 1 is 1.14 bits per heavy atom. The summed E-state index contributed by atoms with van der Waals surface area (Å²) in [6.07, 6.45) is 3.31. The van der Waals surface area contributed by atoms with Gasteiger partial charge in [-0.15, -0.1) is 0 Å². The second-order valence-corrected chi connectivity index (χ2v) is 7.89. The summed E-state index contributed by atoms with van der Waals surface area (Å²) >= 11 is 6.15. The highest BCUT2D eigenvalue weighted by Crippen LogP contribution is 2.37. The number of hydrogen-bond acceptors (Lipinski definition) is 5. The summed E-state index contributed by atoms with van der Waals surface area (Å²) in [5.74, 6) is 1.09. The number of halogens is 1. The lowest BCUT2D eigenvalue weighted by atomic mass is 9.97. The number of anilines is 1. The normalized spacial score (nSPS) is 17.0. The quantitative estimate of drug-likeness (QED) is 0.589. The van der Waals surface area contributed by atoms with Crippen LogP contribution in [0.2, 0.25) is 5.02 Å². The highest BCUT2D eigenvalue weighted by atomic mass is 35.5. The first-order valence-electron chi connectivity index (χ1n) is 9.85. The molecule has 29 heavy (non-hydrogen) atoms. The van der Waals surface area contributed by atoms with Gasteiger partial charge in [0, 0.05) is 29.2 Å². The van der Waals surface area contributed by atoms with Crippen LogP contribution in [0.1, 0.15) is 19.3 Å². The Kier molecular flexibility index (Phi) is 5.69. The molecule has 0 spiro atoms. The van der Waals surface area contributed by atoms with Crippen LogP contribution in [0.25, 0.3) is 11.1 Å². The van der Waals surface area contributed by atoms with Gasteiger partial charge in [-0.2, -0.15) is 0 Å². The van der Waals surface area contributed by atoms with Crippen molar-refractivity contribution >= 4 is 17.3 Å². The molecule has 0 amide bonds. The molecule has 1 unspecified atom stereocenters. The summed E-state index contributed by atoms with van der Waals surface area (Å²) in [5, 5.41) is 3.69. The molecule has 1 saturated heterocycles.